The Balaban J connectivity index is 1.18. The van der Waals surface area contributed by atoms with Gasteiger partial charge in [0.1, 0.15) is 6.61 Å². The van der Waals surface area contributed by atoms with Crippen molar-refractivity contribution in [2.75, 3.05) is 145 Å². The highest BCUT2D eigenvalue weighted by atomic mass is 16.6. The number of nitrogens with zero attached hydrogens (tertiary/aromatic N) is 1. The molecule has 0 saturated carbocycles. The number of fused-ring (bicyclic) bond motifs is 1. The standard InChI is InChI=1S/C33H51NO14/c1-2-31(35)48-28-27-47-26-25-46-24-23-45-22-21-44-20-19-43-18-17-42-16-15-41-14-13-40-12-11-39-10-9-38-8-7-34-32(36)29-5-3-4-6-30(29)33(34)37/h2-6H,1,7-28H2. The monoisotopic (exact) mass is 685 g/mol. The molecule has 48 heavy (non-hydrogen) atoms. The van der Waals surface area contributed by atoms with E-state index < -0.39 is 5.97 Å². The van der Waals surface area contributed by atoms with Gasteiger partial charge in [0, 0.05) is 6.08 Å². The second-order valence-corrected chi connectivity index (χ2v) is 9.80. The van der Waals surface area contributed by atoms with Crippen molar-refractivity contribution in [3.8, 4) is 0 Å². The van der Waals surface area contributed by atoms with Gasteiger partial charge in [0.15, 0.2) is 0 Å². The van der Waals surface area contributed by atoms with Crippen molar-refractivity contribution in [2.24, 2.45) is 0 Å². The fourth-order valence-electron chi connectivity index (χ4n) is 3.94. The first-order chi connectivity index (χ1) is 23.6. The van der Waals surface area contributed by atoms with Crippen LogP contribution >= 0.6 is 0 Å². The summed E-state index contributed by atoms with van der Waals surface area (Å²) >= 11 is 0. The molecule has 2 amide bonds. The number of hydrogen-bond donors (Lipinski definition) is 0. The minimum atomic E-state index is -0.465. The second kappa shape index (κ2) is 29.1. The average Bonchev–Trinajstić information content (AvgIpc) is 3.34. The maximum atomic E-state index is 12.3. The number of benzene rings is 1. The Labute approximate surface area is 282 Å². The minimum absolute atomic E-state index is 0.191. The first-order valence-corrected chi connectivity index (χ1v) is 16.2. The van der Waals surface area contributed by atoms with Crippen LogP contribution in [0.1, 0.15) is 20.7 Å². The number of amides is 2. The third kappa shape index (κ3) is 19.9. The average molecular weight is 686 g/mol. The van der Waals surface area contributed by atoms with E-state index in [9.17, 15) is 14.4 Å². The molecule has 272 valence electrons. The topological polar surface area (TPSA) is 156 Å². The molecule has 0 N–H and O–H groups in total. The third-order valence-electron chi connectivity index (χ3n) is 6.32. The van der Waals surface area contributed by atoms with Gasteiger partial charge in [-0.15, -0.1) is 0 Å². The van der Waals surface area contributed by atoms with E-state index in [-0.39, 0.29) is 31.6 Å². The van der Waals surface area contributed by atoms with Crippen molar-refractivity contribution in [3.63, 3.8) is 0 Å². The van der Waals surface area contributed by atoms with Crippen LogP contribution in [0.2, 0.25) is 0 Å². The molecular weight excluding hydrogens is 634 g/mol. The van der Waals surface area contributed by atoms with Crippen molar-refractivity contribution in [1.29, 1.82) is 0 Å². The van der Waals surface area contributed by atoms with E-state index in [1.54, 1.807) is 24.3 Å². The van der Waals surface area contributed by atoms with Gasteiger partial charge in [-0.05, 0) is 12.1 Å². The van der Waals surface area contributed by atoms with Gasteiger partial charge < -0.3 is 52.1 Å². The van der Waals surface area contributed by atoms with Gasteiger partial charge in [-0.2, -0.15) is 0 Å². The highest BCUT2D eigenvalue weighted by Gasteiger charge is 2.34. The summed E-state index contributed by atoms with van der Waals surface area (Å²) in [7, 11) is 0. The van der Waals surface area contributed by atoms with Gasteiger partial charge >= 0.3 is 5.97 Å². The molecule has 0 radical (unpaired) electrons. The fourth-order valence-corrected chi connectivity index (χ4v) is 3.94. The lowest BCUT2D eigenvalue weighted by atomic mass is 10.1. The maximum Gasteiger partial charge on any atom is 0.330 e. The molecular formula is C33H51NO14. The summed E-state index contributed by atoms with van der Waals surface area (Å²) in [5.41, 5.74) is 0.876. The summed E-state index contributed by atoms with van der Waals surface area (Å²) in [6.07, 6.45) is 1.11. The SMILES string of the molecule is C=CC(=O)OCCOCCOCCOCCOCCOCCOCCOCCOCCOCCOCCN1C(=O)c2ccccc2C1=O. The number of imide groups is 1. The quantitative estimate of drug-likeness (QED) is 0.0441. The van der Waals surface area contributed by atoms with Crippen LogP contribution in [0, 0.1) is 0 Å². The van der Waals surface area contributed by atoms with E-state index >= 15 is 0 Å². The molecule has 0 aromatic heterocycles. The van der Waals surface area contributed by atoms with E-state index in [4.69, 9.17) is 52.1 Å². The molecule has 0 saturated heterocycles. The van der Waals surface area contributed by atoms with E-state index in [2.05, 4.69) is 6.58 Å². The van der Waals surface area contributed by atoms with Crippen LogP contribution in [0.25, 0.3) is 0 Å². The Kier molecular flexibility index (Phi) is 25.1. The summed E-state index contributed by atoms with van der Waals surface area (Å²) in [5.74, 6) is -1.03. The van der Waals surface area contributed by atoms with E-state index in [0.29, 0.717) is 137 Å². The van der Waals surface area contributed by atoms with E-state index in [1.807, 2.05) is 0 Å². The van der Waals surface area contributed by atoms with Crippen molar-refractivity contribution < 1.29 is 66.5 Å². The number of esters is 1. The lowest BCUT2D eigenvalue weighted by Gasteiger charge is -2.13. The largest absolute Gasteiger partial charge is 0.460 e. The molecule has 0 atom stereocenters. The smallest absolute Gasteiger partial charge is 0.330 e. The van der Waals surface area contributed by atoms with Crippen LogP contribution in [0.4, 0.5) is 0 Å². The summed E-state index contributed by atoms with van der Waals surface area (Å²) in [4.78, 5) is 36.6. The summed E-state index contributed by atoms with van der Waals surface area (Å²) in [6, 6.07) is 6.80. The van der Waals surface area contributed by atoms with Gasteiger partial charge in [0.05, 0.1) is 150 Å². The highest BCUT2D eigenvalue weighted by Crippen LogP contribution is 2.21. The van der Waals surface area contributed by atoms with Crippen molar-refractivity contribution in [3.05, 3.63) is 48.0 Å². The predicted molar refractivity (Wildman–Crippen MR) is 171 cm³/mol. The Bertz CT molecular complexity index is 975. The molecule has 15 nitrogen and oxygen atoms in total. The zero-order chi connectivity index (χ0) is 34.3. The predicted octanol–water partition coefficient (Wildman–Crippen LogP) is 1.18. The van der Waals surface area contributed by atoms with Gasteiger partial charge in [-0.3, -0.25) is 14.5 Å². The second-order valence-electron chi connectivity index (χ2n) is 9.80. The lowest BCUT2D eigenvalue weighted by molar-refractivity contribution is -0.139. The molecule has 0 unspecified atom stereocenters. The normalized spacial score (nSPS) is 12.5. The van der Waals surface area contributed by atoms with Crippen LogP contribution in [0.3, 0.4) is 0 Å². The molecule has 1 aromatic carbocycles. The minimum Gasteiger partial charge on any atom is -0.460 e. The Morgan fingerprint density at radius 2 is 0.750 bits per heavy atom. The number of hydrogen-bond acceptors (Lipinski definition) is 14. The van der Waals surface area contributed by atoms with E-state index in [0.717, 1.165) is 6.08 Å². The van der Waals surface area contributed by atoms with Crippen LogP contribution in [0.15, 0.2) is 36.9 Å². The maximum absolute atomic E-state index is 12.3. The molecule has 0 spiro atoms. The molecule has 1 aliphatic heterocycles. The Morgan fingerprint density at radius 1 is 0.479 bits per heavy atom. The molecule has 15 heteroatoms. The van der Waals surface area contributed by atoms with Gasteiger partial charge in [0.2, 0.25) is 0 Å². The van der Waals surface area contributed by atoms with Crippen LogP contribution in [-0.2, 0) is 56.9 Å². The first-order valence-electron chi connectivity index (χ1n) is 16.2. The molecule has 1 heterocycles. The first kappa shape index (κ1) is 41.3. The summed E-state index contributed by atoms with van der Waals surface area (Å²) < 4.78 is 59.1. The van der Waals surface area contributed by atoms with Gasteiger partial charge in [-0.1, -0.05) is 18.7 Å². The molecule has 1 aliphatic rings. The Hall–Kier alpha value is -2.83. The molecule has 1 aromatic rings. The number of carbonyl (C=O) groups excluding carboxylic acids is 3. The number of rotatable bonds is 34. The van der Waals surface area contributed by atoms with Gasteiger partial charge in [0.25, 0.3) is 11.8 Å². The molecule has 2 rings (SSSR count). The zero-order valence-corrected chi connectivity index (χ0v) is 27.8. The van der Waals surface area contributed by atoms with E-state index in [1.165, 1.54) is 4.90 Å². The third-order valence-corrected chi connectivity index (χ3v) is 6.32. The number of carbonyl (C=O) groups is 3. The van der Waals surface area contributed by atoms with Crippen LogP contribution in [-0.4, -0.2) is 168 Å². The van der Waals surface area contributed by atoms with Crippen molar-refractivity contribution in [2.45, 2.75) is 0 Å². The molecule has 0 aliphatic carbocycles. The van der Waals surface area contributed by atoms with Crippen molar-refractivity contribution >= 4 is 17.8 Å². The van der Waals surface area contributed by atoms with Gasteiger partial charge in [-0.25, -0.2) is 4.79 Å². The van der Waals surface area contributed by atoms with Crippen molar-refractivity contribution in [1.82, 2.24) is 4.90 Å². The molecule has 0 bridgehead atoms. The summed E-state index contributed by atoms with van der Waals surface area (Å²) in [5, 5.41) is 0. The number of ether oxygens (including phenoxy) is 11. The molecule has 0 fully saturated rings. The lowest BCUT2D eigenvalue weighted by Crippen LogP contribution is -2.33. The summed E-state index contributed by atoms with van der Waals surface area (Å²) in [6.45, 7) is 12.4. The Morgan fingerprint density at radius 3 is 1.04 bits per heavy atom. The fraction of sp³-hybridized carbons (Fsp3) is 0.667. The van der Waals surface area contributed by atoms with Crippen LogP contribution in [0.5, 0.6) is 0 Å². The van der Waals surface area contributed by atoms with Crippen LogP contribution < -0.4 is 0 Å². The zero-order valence-electron chi connectivity index (χ0n) is 27.8. The highest BCUT2D eigenvalue weighted by molar-refractivity contribution is 6.21.